The van der Waals surface area contributed by atoms with Crippen LogP contribution in [-0.4, -0.2) is 44.9 Å². The number of quaternary nitrogens is 1. The summed E-state index contributed by atoms with van der Waals surface area (Å²) in [7, 11) is 0. The number of hydrogen-bond acceptors (Lipinski definition) is 3. The van der Waals surface area contributed by atoms with Gasteiger partial charge in [-0.1, -0.05) is 67.6 Å². The Kier molecular flexibility index (Phi) is 9.15. The van der Waals surface area contributed by atoms with Crippen molar-refractivity contribution in [1.82, 2.24) is 0 Å². The molecule has 1 heterocycles. The van der Waals surface area contributed by atoms with Crippen molar-refractivity contribution in [2.24, 2.45) is 0 Å². The Bertz CT molecular complexity index is 693. The number of hydrogen-bond donors (Lipinski definition) is 1. The lowest BCUT2D eigenvalue weighted by Crippen LogP contribution is -3.14. The van der Waals surface area contributed by atoms with Crippen LogP contribution in [0, 0.1) is 0 Å². The maximum absolute atomic E-state index is 12.0. The average Bonchev–Trinajstić information content (AvgIpc) is 2.75. The van der Waals surface area contributed by atoms with E-state index in [1.807, 2.05) is 12.1 Å². The predicted molar refractivity (Wildman–Crippen MR) is 111 cm³/mol. The molecule has 1 aliphatic rings. The Labute approximate surface area is 180 Å². The largest absolute Gasteiger partial charge is 1.00 e. The zero-order valence-electron chi connectivity index (χ0n) is 17.4. The van der Waals surface area contributed by atoms with Crippen LogP contribution in [0.15, 0.2) is 60.7 Å². The zero-order valence-corrected chi connectivity index (χ0v) is 18.2. The topological polar surface area (TPSA) is 40.0 Å². The predicted octanol–water partition coefficient (Wildman–Crippen LogP) is -0.376. The molecule has 2 aromatic rings. The maximum atomic E-state index is 12.0. The lowest BCUT2D eigenvalue weighted by atomic mass is 9.67. The van der Waals surface area contributed by atoms with Crippen LogP contribution in [0.3, 0.4) is 0 Å². The fraction of sp³-hybridized carbons (Fsp3) is 0.458. The molecule has 1 N–H and O–H groups in total. The highest BCUT2D eigenvalue weighted by Gasteiger charge is 2.44. The normalized spacial score (nSPS) is 15.9. The molecule has 158 valence electrons. The molecule has 1 atom stereocenters. The van der Waals surface area contributed by atoms with Gasteiger partial charge < -0.3 is 26.8 Å². The summed E-state index contributed by atoms with van der Waals surface area (Å²) in [4.78, 5) is 13.5. The highest BCUT2D eigenvalue weighted by Crippen LogP contribution is 2.41. The van der Waals surface area contributed by atoms with E-state index in [-0.39, 0.29) is 29.9 Å². The second-order valence-electron chi connectivity index (χ2n) is 7.57. The van der Waals surface area contributed by atoms with E-state index in [1.165, 1.54) is 18.1 Å². The van der Waals surface area contributed by atoms with Gasteiger partial charge in [0.2, 0.25) is 0 Å². The number of halogens is 1. The van der Waals surface area contributed by atoms with E-state index in [2.05, 4.69) is 55.5 Å². The minimum atomic E-state index is -0.367. The third-order valence-corrected chi connectivity index (χ3v) is 5.88. The van der Waals surface area contributed by atoms with Crippen molar-refractivity contribution in [2.75, 3.05) is 32.8 Å². The SMILES string of the molecule is CCC(OC(C)=O)C(CC[NH+]1CCOCC1)(c1ccccc1)c1ccccc1.[Cl-]. The van der Waals surface area contributed by atoms with Crippen molar-refractivity contribution in [3.8, 4) is 0 Å². The summed E-state index contributed by atoms with van der Waals surface area (Å²) in [6.07, 6.45) is 1.47. The van der Waals surface area contributed by atoms with Gasteiger partial charge >= 0.3 is 5.97 Å². The van der Waals surface area contributed by atoms with E-state index >= 15 is 0 Å². The van der Waals surface area contributed by atoms with Crippen LogP contribution in [0.4, 0.5) is 0 Å². The van der Waals surface area contributed by atoms with Crippen LogP contribution in [0.5, 0.6) is 0 Å². The van der Waals surface area contributed by atoms with Crippen molar-refractivity contribution in [2.45, 2.75) is 38.2 Å². The Morgan fingerprint density at radius 2 is 1.55 bits per heavy atom. The van der Waals surface area contributed by atoms with Crippen molar-refractivity contribution in [3.63, 3.8) is 0 Å². The highest BCUT2D eigenvalue weighted by atomic mass is 35.5. The lowest BCUT2D eigenvalue weighted by molar-refractivity contribution is -0.908. The molecule has 0 aromatic heterocycles. The molecule has 0 amide bonds. The Hall–Kier alpha value is -1.88. The van der Waals surface area contributed by atoms with Gasteiger partial charge in [0.15, 0.2) is 0 Å². The first kappa shape index (κ1) is 23.4. The van der Waals surface area contributed by atoms with Gasteiger partial charge in [-0.25, -0.2) is 0 Å². The van der Waals surface area contributed by atoms with Crippen LogP contribution in [0.25, 0.3) is 0 Å². The Morgan fingerprint density at radius 1 is 1.03 bits per heavy atom. The van der Waals surface area contributed by atoms with E-state index in [0.717, 1.165) is 45.7 Å². The summed E-state index contributed by atoms with van der Waals surface area (Å²) in [6.45, 7) is 8.34. The summed E-state index contributed by atoms with van der Waals surface area (Å²) >= 11 is 0. The number of carbonyl (C=O) groups excluding carboxylic acids is 1. The van der Waals surface area contributed by atoms with Gasteiger partial charge in [0.1, 0.15) is 19.2 Å². The van der Waals surface area contributed by atoms with Gasteiger partial charge in [-0.15, -0.1) is 0 Å². The molecule has 0 radical (unpaired) electrons. The molecule has 5 heteroatoms. The molecule has 1 saturated heterocycles. The second kappa shape index (κ2) is 11.3. The molecule has 1 fully saturated rings. The first-order valence-corrected chi connectivity index (χ1v) is 10.4. The third-order valence-electron chi connectivity index (χ3n) is 5.88. The number of rotatable bonds is 8. The van der Waals surface area contributed by atoms with Crippen LogP contribution in [0.2, 0.25) is 0 Å². The van der Waals surface area contributed by atoms with Gasteiger partial charge in [0.05, 0.1) is 25.2 Å². The third kappa shape index (κ3) is 5.59. The molecule has 0 spiro atoms. The number of nitrogens with one attached hydrogen (secondary N) is 1. The van der Waals surface area contributed by atoms with Gasteiger partial charge in [0.25, 0.3) is 0 Å². The van der Waals surface area contributed by atoms with Crippen LogP contribution in [0.1, 0.15) is 37.8 Å². The molecule has 0 bridgehead atoms. The fourth-order valence-corrected chi connectivity index (χ4v) is 4.48. The average molecular weight is 418 g/mol. The summed E-state index contributed by atoms with van der Waals surface area (Å²) in [5, 5.41) is 0. The van der Waals surface area contributed by atoms with E-state index in [4.69, 9.17) is 9.47 Å². The van der Waals surface area contributed by atoms with E-state index < -0.39 is 0 Å². The van der Waals surface area contributed by atoms with Gasteiger partial charge in [0, 0.05) is 13.3 Å². The van der Waals surface area contributed by atoms with Gasteiger partial charge in [-0.3, -0.25) is 4.79 Å². The Morgan fingerprint density at radius 3 is 2.00 bits per heavy atom. The fourth-order valence-electron chi connectivity index (χ4n) is 4.48. The summed E-state index contributed by atoms with van der Waals surface area (Å²) in [6, 6.07) is 21.1. The van der Waals surface area contributed by atoms with Crippen LogP contribution >= 0.6 is 0 Å². The number of benzene rings is 2. The summed E-state index contributed by atoms with van der Waals surface area (Å²) in [5.41, 5.74) is 2.05. The number of esters is 1. The van der Waals surface area contributed by atoms with Gasteiger partial charge in [-0.05, 0) is 17.5 Å². The molecule has 0 saturated carbocycles. The monoisotopic (exact) mass is 417 g/mol. The second-order valence-corrected chi connectivity index (χ2v) is 7.57. The lowest BCUT2D eigenvalue weighted by Gasteiger charge is -2.41. The number of carbonyl (C=O) groups is 1. The quantitative estimate of drug-likeness (QED) is 0.595. The van der Waals surface area contributed by atoms with Crippen LogP contribution < -0.4 is 17.3 Å². The Balaban J connectivity index is 0.00000300. The van der Waals surface area contributed by atoms with Crippen molar-refractivity contribution < 1.29 is 31.6 Å². The summed E-state index contributed by atoms with van der Waals surface area (Å²) in [5.74, 6) is -0.221. The molecule has 1 aliphatic heterocycles. The molecule has 4 nitrogen and oxygen atoms in total. The minimum Gasteiger partial charge on any atom is -1.00 e. The molecule has 29 heavy (non-hydrogen) atoms. The molecule has 1 unspecified atom stereocenters. The van der Waals surface area contributed by atoms with Gasteiger partial charge in [-0.2, -0.15) is 0 Å². The van der Waals surface area contributed by atoms with E-state index in [1.54, 1.807) is 4.90 Å². The van der Waals surface area contributed by atoms with Crippen molar-refractivity contribution in [3.05, 3.63) is 71.8 Å². The zero-order chi connectivity index (χ0) is 19.8. The molecule has 3 rings (SSSR count). The number of ether oxygens (including phenoxy) is 2. The smallest absolute Gasteiger partial charge is 0.302 e. The standard InChI is InChI=1S/C24H31NO3.ClH/c1-3-23(28-20(2)26)24(21-10-6-4-7-11-21,22-12-8-5-9-13-22)14-15-25-16-18-27-19-17-25;/h4-13,23H,3,14-19H2,1-2H3;1H. The molecular weight excluding hydrogens is 386 g/mol. The van der Waals surface area contributed by atoms with E-state index in [0.29, 0.717) is 0 Å². The van der Waals surface area contributed by atoms with E-state index in [9.17, 15) is 4.79 Å². The van der Waals surface area contributed by atoms with Crippen LogP contribution in [-0.2, 0) is 19.7 Å². The highest BCUT2D eigenvalue weighted by molar-refractivity contribution is 5.66. The summed E-state index contributed by atoms with van der Waals surface area (Å²) < 4.78 is 11.5. The van der Waals surface area contributed by atoms with Crippen molar-refractivity contribution in [1.29, 1.82) is 0 Å². The minimum absolute atomic E-state index is 0. The first-order valence-electron chi connectivity index (χ1n) is 10.4. The molecular formula is C24H32ClNO3. The number of morpholine rings is 1. The molecule has 2 aromatic carbocycles. The molecule has 0 aliphatic carbocycles. The van der Waals surface area contributed by atoms with Crippen molar-refractivity contribution >= 4 is 5.97 Å². The maximum Gasteiger partial charge on any atom is 0.302 e. The first-order chi connectivity index (χ1) is 13.7.